The minimum absolute atomic E-state index is 0.0915. The number of piperazine rings is 1. The van der Waals surface area contributed by atoms with E-state index < -0.39 is 10.0 Å². The maximum absolute atomic E-state index is 14.0. The van der Waals surface area contributed by atoms with E-state index in [0.717, 1.165) is 54.7 Å². The molecule has 0 aliphatic carbocycles. The smallest absolute Gasteiger partial charge is 0.269 e. The molecule has 1 atom stereocenters. The summed E-state index contributed by atoms with van der Waals surface area (Å²) in [4.78, 5) is 29.4. The summed E-state index contributed by atoms with van der Waals surface area (Å²) in [5, 5.41) is 0. The molecule has 1 unspecified atom stereocenters. The van der Waals surface area contributed by atoms with Crippen molar-refractivity contribution in [3.8, 4) is 22.4 Å². The average Bonchev–Trinajstić information content (AvgIpc) is 3.44. The Morgan fingerprint density at radius 2 is 1.68 bits per heavy atom. The first-order valence-electron chi connectivity index (χ1n) is 16.0. The highest BCUT2D eigenvalue weighted by Crippen LogP contribution is 2.39. The molecule has 7 rings (SSSR count). The van der Waals surface area contributed by atoms with Gasteiger partial charge in [0.2, 0.25) is 0 Å². The van der Waals surface area contributed by atoms with Crippen LogP contribution in [0.5, 0.6) is 0 Å². The summed E-state index contributed by atoms with van der Waals surface area (Å²) in [6, 6.07) is 17.3. The minimum Gasteiger partial charge on any atom is -0.366 e. The van der Waals surface area contributed by atoms with E-state index in [-0.39, 0.29) is 16.4 Å². The lowest BCUT2D eigenvalue weighted by Crippen LogP contribution is -2.54. The van der Waals surface area contributed by atoms with Crippen molar-refractivity contribution in [1.82, 2.24) is 23.7 Å². The number of fused-ring (bicyclic) bond motifs is 4. The van der Waals surface area contributed by atoms with E-state index in [1.54, 1.807) is 61.7 Å². The molecule has 3 aromatic carbocycles. The first-order chi connectivity index (χ1) is 22.4. The van der Waals surface area contributed by atoms with Crippen LogP contribution in [0.25, 0.3) is 33.5 Å². The van der Waals surface area contributed by atoms with Crippen LogP contribution in [0.4, 0.5) is 5.69 Å². The standard InChI is InChI=1S/C37H40N6O3S/c1-23-7-12-30(13-8-23)47(45,46)43-22-32(26-10-14-31(24(2)17-26)37(44)40(4)5)34-36(43)38-20-33(39-34)28-18-25(3)35-27(19-28)9-11-29-21-41(6)15-16-42(29)35/h7-8,10,12-14,17-20,22,29H,9,11,15-16,21H2,1-6H3. The molecule has 0 radical (unpaired) electrons. The number of aryl methyl sites for hydroxylation is 4. The molecule has 10 heteroatoms. The van der Waals surface area contributed by atoms with E-state index in [1.807, 2.05) is 26.0 Å². The average molecular weight is 649 g/mol. The van der Waals surface area contributed by atoms with Crippen molar-refractivity contribution in [3.05, 3.63) is 94.8 Å². The lowest BCUT2D eigenvalue weighted by molar-refractivity contribution is 0.0827. The summed E-state index contributed by atoms with van der Waals surface area (Å²) >= 11 is 0. The maximum atomic E-state index is 14.0. The van der Waals surface area contributed by atoms with Crippen molar-refractivity contribution >= 4 is 32.8 Å². The van der Waals surface area contributed by atoms with Crippen LogP contribution >= 0.6 is 0 Å². The topological polar surface area (TPSA) is 91.6 Å². The molecule has 47 heavy (non-hydrogen) atoms. The first kappa shape index (κ1) is 31.1. The Morgan fingerprint density at radius 1 is 0.936 bits per heavy atom. The highest BCUT2D eigenvalue weighted by molar-refractivity contribution is 7.90. The Morgan fingerprint density at radius 3 is 2.40 bits per heavy atom. The minimum atomic E-state index is -3.98. The lowest BCUT2D eigenvalue weighted by Gasteiger charge is -2.46. The highest BCUT2D eigenvalue weighted by Gasteiger charge is 2.32. The summed E-state index contributed by atoms with van der Waals surface area (Å²) in [5.41, 5.74) is 10.0. The van der Waals surface area contributed by atoms with Crippen molar-refractivity contribution in [2.45, 2.75) is 44.6 Å². The molecule has 1 amide bonds. The molecule has 242 valence electrons. The Balaban J connectivity index is 1.38. The van der Waals surface area contributed by atoms with Crippen LogP contribution in [0.1, 0.15) is 39.0 Å². The van der Waals surface area contributed by atoms with Gasteiger partial charge in [-0.1, -0.05) is 29.8 Å². The number of carbonyl (C=O) groups excluding carboxylic acids is 1. The summed E-state index contributed by atoms with van der Waals surface area (Å²) < 4.78 is 29.3. The molecular formula is C37H40N6O3S. The molecule has 0 saturated carbocycles. The van der Waals surface area contributed by atoms with Gasteiger partial charge in [0.1, 0.15) is 5.52 Å². The van der Waals surface area contributed by atoms with Crippen molar-refractivity contribution < 1.29 is 13.2 Å². The van der Waals surface area contributed by atoms with Crippen LogP contribution in [-0.2, 0) is 16.4 Å². The summed E-state index contributed by atoms with van der Waals surface area (Å²) in [6.45, 7) is 9.13. The summed E-state index contributed by atoms with van der Waals surface area (Å²) in [7, 11) is 1.67. The van der Waals surface area contributed by atoms with Crippen LogP contribution in [0.15, 0.2) is 71.9 Å². The third-order valence-electron chi connectivity index (χ3n) is 9.61. The fourth-order valence-electron chi connectivity index (χ4n) is 7.11. The molecule has 0 bridgehead atoms. The van der Waals surface area contributed by atoms with Gasteiger partial charge in [-0.05, 0) is 93.2 Å². The number of nitrogens with zero attached hydrogens (tertiary/aromatic N) is 6. The number of hydrogen-bond acceptors (Lipinski definition) is 7. The summed E-state index contributed by atoms with van der Waals surface area (Å²) in [5.74, 6) is -0.0915. The van der Waals surface area contributed by atoms with Gasteiger partial charge in [-0.3, -0.25) is 4.79 Å². The van der Waals surface area contributed by atoms with Crippen molar-refractivity contribution in [1.29, 1.82) is 0 Å². The second kappa shape index (κ2) is 11.6. The molecule has 0 N–H and O–H groups in total. The van der Waals surface area contributed by atoms with Gasteiger partial charge in [-0.25, -0.2) is 22.4 Å². The molecule has 9 nitrogen and oxygen atoms in total. The summed E-state index contributed by atoms with van der Waals surface area (Å²) in [6.07, 6.45) is 5.40. The molecule has 2 aromatic heterocycles. The first-order valence-corrected chi connectivity index (χ1v) is 17.5. The van der Waals surface area contributed by atoms with E-state index >= 15 is 0 Å². The number of carbonyl (C=O) groups is 1. The molecule has 1 saturated heterocycles. The molecular weight excluding hydrogens is 609 g/mol. The Kier molecular flexibility index (Phi) is 7.68. The van der Waals surface area contributed by atoms with Crippen LogP contribution in [0.3, 0.4) is 0 Å². The van der Waals surface area contributed by atoms with Gasteiger partial charge in [0.15, 0.2) is 5.65 Å². The number of anilines is 1. The van der Waals surface area contributed by atoms with Gasteiger partial charge in [0, 0.05) is 68.3 Å². The monoisotopic (exact) mass is 648 g/mol. The van der Waals surface area contributed by atoms with Crippen LogP contribution < -0.4 is 4.90 Å². The van der Waals surface area contributed by atoms with Crippen LogP contribution in [0.2, 0.25) is 0 Å². The highest BCUT2D eigenvalue weighted by atomic mass is 32.2. The van der Waals surface area contributed by atoms with E-state index in [0.29, 0.717) is 28.4 Å². The quantitative estimate of drug-likeness (QED) is 0.242. The second-order valence-electron chi connectivity index (χ2n) is 13.3. The molecule has 2 aliphatic rings. The Labute approximate surface area is 276 Å². The fraction of sp³-hybridized carbons (Fsp3) is 0.324. The number of benzene rings is 3. The number of amides is 1. The zero-order valence-electron chi connectivity index (χ0n) is 27.8. The molecule has 4 heterocycles. The van der Waals surface area contributed by atoms with Gasteiger partial charge < -0.3 is 14.7 Å². The van der Waals surface area contributed by atoms with E-state index in [2.05, 4.69) is 35.9 Å². The van der Waals surface area contributed by atoms with E-state index in [9.17, 15) is 13.2 Å². The predicted molar refractivity (Wildman–Crippen MR) is 187 cm³/mol. The molecule has 5 aromatic rings. The van der Waals surface area contributed by atoms with Crippen LogP contribution in [0, 0.1) is 20.8 Å². The van der Waals surface area contributed by atoms with Crippen molar-refractivity contribution in [3.63, 3.8) is 0 Å². The number of aromatic nitrogens is 3. The van der Waals surface area contributed by atoms with Gasteiger partial charge in [0.05, 0.1) is 16.8 Å². The molecule has 1 fully saturated rings. The number of rotatable bonds is 5. The van der Waals surface area contributed by atoms with E-state index in [4.69, 9.17) is 9.97 Å². The third-order valence-corrected chi connectivity index (χ3v) is 11.3. The Hall–Kier alpha value is -4.54. The number of likely N-dealkylation sites (N-methyl/N-ethyl adjacent to an activating group) is 1. The number of hydrogen-bond donors (Lipinski definition) is 0. The van der Waals surface area contributed by atoms with Crippen molar-refractivity contribution in [2.24, 2.45) is 0 Å². The largest absolute Gasteiger partial charge is 0.366 e. The normalized spacial score (nSPS) is 16.6. The van der Waals surface area contributed by atoms with Gasteiger partial charge in [0.25, 0.3) is 15.9 Å². The molecule has 2 aliphatic heterocycles. The van der Waals surface area contributed by atoms with Gasteiger partial charge >= 0.3 is 0 Å². The predicted octanol–water partition coefficient (Wildman–Crippen LogP) is 5.70. The lowest BCUT2D eigenvalue weighted by atomic mass is 9.89. The Bertz CT molecular complexity index is 2150. The van der Waals surface area contributed by atoms with Gasteiger partial charge in [-0.2, -0.15) is 0 Å². The SMILES string of the molecule is Cc1ccc(S(=O)(=O)n2cc(-c3ccc(C(=O)N(C)C)c(C)c3)c3nc(-c4cc(C)c5c(c4)CCC4CN(C)CCN54)cnc32)cc1. The zero-order chi connectivity index (χ0) is 33.2. The van der Waals surface area contributed by atoms with Crippen molar-refractivity contribution in [2.75, 3.05) is 45.7 Å². The van der Waals surface area contributed by atoms with Crippen LogP contribution in [-0.4, -0.2) is 84.9 Å². The van der Waals surface area contributed by atoms with E-state index in [1.165, 1.54) is 20.8 Å². The maximum Gasteiger partial charge on any atom is 0.269 e. The van der Waals surface area contributed by atoms with Gasteiger partial charge in [-0.15, -0.1) is 0 Å². The molecule has 0 spiro atoms. The zero-order valence-corrected chi connectivity index (χ0v) is 28.6. The fourth-order valence-corrected chi connectivity index (χ4v) is 8.42. The third kappa shape index (κ3) is 5.39. The second-order valence-corrected chi connectivity index (χ2v) is 15.1.